The Bertz CT molecular complexity index is 554. The van der Waals surface area contributed by atoms with Gasteiger partial charge in [-0.2, -0.15) is 0 Å². The molecule has 0 bridgehead atoms. The van der Waals surface area contributed by atoms with Gasteiger partial charge in [0.2, 0.25) is 0 Å². The highest BCUT2D eigenvalue weighted by atomic mass is 32.2. The number of nitrogens with zero attached hydrogens (tertiary/aromatic N) is 1. The number of hydrogen-bond donors (Lipinski definition) is 0. The molecule has 1 aromatic heterocycles. The molecule has 0 spiro atoms. The molecule has 0 radical (unpaired) electrons. The Morgan fingerprint density at radius 1 is 1.06 bits per heavy atom. The summed E-state index contributed by atoms with van der Waals surface area (Å²) in [7, 11) is -3.09. The first-order chi connectivity index (χ1) is 7.55. The number of benzene rings is 1. The lowest BCUT2D eigenvalue weighted by Gasteiger charge is -2.04. The van der Waals surface area contributed by atoms with Gasteiger partial charge in [0, 0.05) is 25.2 Å². The van der Waals surface area contributed by atoms with Gasteiger partial charge < -0.3 is 4.57 Å². The van der Waals surface area contributed by atoms with Crippen LogP contribution in [0.5, 0.6) is 0 Å². The Morgan fingerprint density at radius 3 is 2.12 bits per heavy atom. The minimum atomic E-state index is -3.09. The molecule has 16 heavy (non-hydrogen) atoms. The fourth-order valence-corrected chi connectivity index (χ4v) is 2.16. The van der Waals surface area contributed by atoms with Gasteiger partial charge in [-0.05, 0) is 29.8 Å². The van der Waals surface area contributed by atoms with Crippen molar-refractivity contribution in [2.45, 2.75) is 11.4 Å². The van der Waals surface area contributed by atoms with Gasteiger partial charge in [-0.3, -0.25) is 0 Å². The topological polar surface area (TPSA) is 39.1 Å². The van der Waals surface area contributed by atoms with E-state index in [2.05, 4.69) is 0 Å². The van der Waals surface area contributed by atoms with Crippen LogP contribution in [0.3, 0.4) is 0 Å². The van der Waals surface area contributed by atoms with Crippen LogP contribution in [0, 0.1) is 0 Å². The second kappa shape index (κ2) is 4.14. The molecular formula is C12H13NO2S. The average Bonchev–Trinajstić information content (AvgIpc) is 2.70. The SMILES string of the molecule is CS(=O)(=O)c1ccc(Cn2cccc2)cc1. The summed E-state index contributed by atoms with van der Waals surface area (Å²) in [5.41, 5.74) is 1.09. The highest BCUT2D eigenvalue weighted by Crippen LogP contribution is 2.11. The Labute approximate surface area is 95.3 Å². The Kier molecular flexibility index (Phi) is 2.83. The monoisotopic (exact) mass is 235 g/mol. The molecule has 0 aliphatic rings. The predicted octanol–water partition coefficient (Wildman–Crippen LogP) is 1.94. The first-order valence-corrected chi connectivity index (χ1v) is 6.84. The van der Waals surface area contributed by atoms with Crippen molar-refractivity contribution in [2.75, 3.05) is 6.26 Å². The maximum atomic E-state index is 11.3. The molecule has 0 saturated heterocycles. The summed E-state index contributed by atoms with van der Waals surface area (Å²) < 4.78 is 24.5. The summed E-state index contributed by atoms with van der Waals surface area (Å²) in [4.78, 5) is 0.365. The van der Waals surface area contributed by atoms with Gasteiger partial charge in [-0.15, -0.1) is 0 Å². The van der Waals surface area contributed by atoms with Gasteiger partial charge in [0.15, 0.2) is 9.84 Å². The van der Waals surface area contributed by atoms with Gasteiger partial charge in [-0.25, -0.2) is 8.42 Å². The summed E-state index contributed by atoms with van der Waals surface area (Å²) >= 11 is 0. The van der Waals surface area contributed by atoms with E-state index in [0.29, 0.717) is 4.90 Å². The van der Waals surface area contributed by atoms with E-state index in [-0.39, 0.29) is 0 Å². The van der Waals surface area contributed by atoms with Crippen LogP contribution >= 0.6 is 0 Å². The van der Waals surface area contributed by atoms with E-state index >= 15 is 0 Å². The molecule has 3 nitrogen and oxygen atoms in total. The summed E-state index contributed by atoms with van der Waals surface area (Å²) in [5, 5.41) is 0. The largest absolute Gasteiger partial charge is 0.350 e. The van der Waals surface area contributed by atoms with Crippen LogP contribution in [0.25, 0.3) is 0 Å². The van der Waals surface area contributed by atoms with Crippen molar-refractivity contribution in [3.63, 3.8) is 0 Å². The zero-order valence-electron chi connectivity index (χ0n) is 9.00. The molecule has 1 aromatic carbocycles. The fourth-order valence-electron chi connectivity index (χ4n) is 1.53. The third-order valence-corrected chi connectivity index (χ3v) is 3.51. The van der Waals surface area contributed by atoms with Gasteiger partial charge >= 0.3 is 0 Å². The highest BCUT2D eigenvalue weighted by Gasteiger charge is 2.05. The molecule has 2 aromatic rings. The van der Waals surface area contributed by atoms with Crippen molar-refractivity contribution >= 4 is 9.84 Å². The van der Waals surface area contributed by atoms with E-state index in [4.69, 9.17) is 0 Å². The number of rotatable bonds is 3. The standard InChI is InChI=1S/C12H13NO2S/c1-16(14,15)12-6-4-11(5-7-12)10-13-8-2-3-9-13/h2-9H,10H2,1H3. The minimum absolute atomic E-state index is 0.365. The van der Waals surface area contributed by atoms with E-state index in [9.17, 15) is 8.42 Å². The predicted molar refractivity (Wildman–Crippen MR) is 63.1 cm³/mol. The molecule has 4 heteroatoms. The zero-order chi connectivity index (χ0) is 11.6. The van der Waals surface area contributed by atoms with E-state index in [1.54, 1.807) is 12.1 Å². The molecule has 0 atom stereocenters. The van der Waals surface area contributed by atoms with Crippen LogP contribution in [0.4, 0.5) is 0 Å². The van der Waals surface area contributed by atoms with Crippen LogP contribution in [0.15, 0.2) is 53.7 Å². The van der Waals surface area contributed by atoms with Gasteiger partial charge in [-0.1, -0.05) is 12.1 Å². The quantitative estimate of drug-likeness (QED) is 0.815. The third kappa shape index (κ3) is 2.52. The summed E-state index contributed by atoms with van der Waals surface area (Å²) in [5.74, 6) is 0. The smallest absolute Gasteiger partial charge is 0.175 e. The van der Waals surface area contributed by atoms with Gasteiger partial charge in [0.1, 0.15) is 0 Å². The maximum absolute atomic E-state index is 11.3. The molecule has 0 fully saturated rings. The zero-order valence-corrected chi connectivity index (χ0v) is 9.81. The first kappa shape index (κ1) is 11.0. The van der Waals surface area contributed by atoms with Crippen LogP contribution < -0.4 is 0 Å². The van der Waals surface area contributed by atoms with Crippen molar-refractivity contribution in [1.29, 1.82) is 0 Å². The van der Waals surface area contributed by atoms with Crippen molar-refractivity contribution in [3.05, 3.63) is 54.4 Å². The summed E-state index contributed by atoms with van der Waals surface area (Å²) in [6.07, 6.45) is 5.17. The molecule has 0 amide bonds. The molecule has 2 rings (SSSR count). The number of aromatic nitrogens is 1. The molecule has 0 aliphatic carbocycles. The second-order valence-electron chi connectivity index (χ2n) is 3.77. The molecule has 0 N–H and O–H groups in total. The lowest BCUT2D eigenvalue weighted by Crippen LogP contribution is -1.99. The van der Waals surface area contributed by atoms with E-state index in [1.807, 2.05) is 41.2 Å². The normalized spacial score (nSPS) is 11.6. The van der Waals surface area contributed by atoms with Gasteiger partial charge in [0.05, 0.1) is 4.90 Å². The molecular weight excluding hydrogens is 222 g/mol. The molecule has 0 saturated carbocycles. The third-order valence-electron chi connectivity index (χ3n) is 2.38. The van der Waals surface area contributed by atoms with Gasteiger partial charge in [0.25, 0.3) is 0 Å². The Morgan fingerprint density at radius 2 is 1.62 bits per heavy atom. The van der Waals surface area contributed by atoms with Crippen LogP contribution in [0.1, 0.15) is 5.56 Å². The van der Waals surface area contributed by atoms with Crippen molar-refractivity contribution < 1.29 is 8.42 Å². The molecule has 0 unspecified atom stereocenters. The number of hydrogen-bond acceptors (Lipinski definition) is 2. The van der Waals surface area contributed by atoms with Crippen molar-refractivity contribution in [3.8, 4) is 0 Å². The van der Waals surface area contributed by atoms with Crippen molar-refractivity contribution in [1.82, 2.24) is 4.57 Å². The second-order valence-corrected chi connectivity index (χ2v) is 5.79. The lowest BCUT2D eigenvalue weighted by atomic mass is 10.2. The molecule has 84 valence electrons. The van der Waals surface area contributed by atoms with Crippen LogP contribution in [-0.2, 0) is 16.4 Å². The van der Waals surface area contributed by atoms with Crippen LogP contribution in [-0.4, -0.2) is 19.2 Å². The summed E-state index contributed by atoms with van der Waals surface area (Å²) in [6.45, 7) is 0.761. The summed E-state index contributed by atoms with van der Waals surface area (Å²) in [6, 6.07) is 10.9. The van der Waals surface area contributed by atoms with E-state index < -0.39 is 9.84 Å². The lowest BCUT2D eigenvalue weighted by molar-refractivity contribution is 0.602. The van der Waals surface area contributed by atoms with E-state index in [0.717, 1.165) is 12.1 Å². The van der Waals surface area contributed by atoms with E-state index in [1.165, 1.54) is 6.26 Å². The molecule has 1 heterocycles. The fraction of sp³-hybridized carbons (Fsp3) is 0.167. The Hall–Kier alpha value is -1.55. The van der Waals surface area contributed by atoms with Crippen LogP contribution in [0.2, 0.25) is 0 Å². The minimum Gasteiger partial charge on any atom is -0.350 e. The average molecular weight is 235 g/mol. The first-order valence-electron chi connectivity index (χ1n) is 4.95. The Balaban J connectivity index is 2.20. The van der Waals surface area contributed by atoms with Crippen molar-refractivity contribution in [2.24, 2.45) is 0 Å². The highest BCUT2D eigenvalue weighted by molar-refractivity contribution is 7.90. The number of sulfone groups is 1. The molecule has 0 aliphatic heterocycles. The maximum Gasteiger partial charge on any atom is 0.175 e.